The third kappa shape index (κ3) is 7.58. The fourth-order valence-electron chi connectivity index (χ4n) is 1.93. The second-order valence-corrected chi connectivity index (χ2v) is 7.20. The van der Waals surface area contributed by atoms with E-state index in [2.05, 4.69) is 16.2 Å². The molecular formula is C18H16Cl3N3O4S. The first-order chi connectivity index (χ1) is 13.8. The molecule has 0 aliphatic carbocycles. The molecule has 0 spiro atoms. The number of carbonyl (C=O) groups is 2. The zero-order valence-corrected chi connectivity index (χ0v) is 18.1. The Kier molecular flexibility index (Phi) is 8.78. The van der Waals surface area contributed by atoms with E-state index >= 15 is 0 Å². The molecule has 154 valence electrons. The highest BCUT2D eigenvalue weighted by Crippen LogP contribution is 2.28. The van der Waals surface area contributed by atoms with Crippen LogP contribution < -0.4 is 25.6 Å². The highest BCUT2D eigenvalue weighted by Gasteiger charge is 2.17. The lowest BCUT2D eigenvalue weighted by molar-refractivity contribution is -0.128. The van der Waals surface area contributed by atoms with Crippen molar-refractivity contribution in [1.29, 1.82) is 0 Å². The molecular weight excluding hydrogens is 461 g/mol. The summed E-state index contributed by atoms with van der Waals surface area (Å²) in [6.07, 6.45) is -0.900. The summed E-state index contributed by atoms with van der Waals surface area (Å²) in [6.45, 7) is 1.20. The molecule has 11 heteroatoms. The van der Waals surface area contributed by atoms with Gasteiger partial charge in [0.15, 0.2) is 17.8 Å². The van der Waals surface area contributed by atoms with E-state index in [9.17, 15) is 9.59 Å². The predicted octanol–water partition coefficient (Wildman–Crippen LogP) is 3.52. The van der Waals surface area contributed by atoms with Gasteiger partial charge in [0.2, 0.25) is 0 Å². The smallest absolute Gasteiger partial charge is 0.279 e. The van der Waals surface area contributed by atoms with Crippen LogP contribution in [0.15, 0.2) is 42.5 Å². The van der Waals surface area contributed by atoms with Gasteiger partial charge in [-0.2, -0.15) is 0 Å². The second kappa shape index (κ2) is 11.1. The Morgan fingerprint density at radius 1 is 1.03 bits per heavy atom. The first-order valence-electron chi connectivity index (χ1n) is 8.15. The summed E-state index contributed by atoms with van der Waals surface area (Å²) in [5.41, 5.74) is 4.72. The van der Waals surface area contributed by atoms with Gasteiger partial charge in [0.25, 0.3) is 11.8 Å². The number of para-hydroxylation sites is 1. The molecule has 1 unspecified atom stereocenters. The van der Waals surface area contributed by atoms with Gasteiger partial charge in [-0.25, -0.2) is 0 Å². The maximum Gasteiger partial charge on any atom is 0.279 e. The van der Waals surface area contributed by atoms with Crippen LogP contribution in [-0.2, 0) is 9.59 Å². The zero-order chi connectivity index (χ0) is 21.4. The second-order valence-electron chi connectivity index (χ2n) is 5.55. The topological polar surface area (TPSA) is 88.7 Å². The van der Waals surface area contributed by atoms with E-state index in [1.807, 2.05) is 0 Å². The number of hydrogen-bond acceptors (Lipinski definition) is 5. The summed E-state index contributed by atoms with van der Waals surface area (Å²) in [4.78, 5) is 23.9. The summed E-state index contributed by atoms with van der Waals surface area (Å²) < 4.78 is 10.8. The lowest BCUT2D eigenvalue weighted by atomic mass is 10.3. The maximum absolute atomic E-state index is 12.1. The van der Waals surface area contributed by atoms with Crippen LogP contribution in [0.4, 0.5) is 0 Å². The van der Waals surface area contributed by atoms with Crippen LogP contribution in [0.1, 0.15) is 6.92 Å². The average molecular weight is 477 g/mol. The molecule has 0 aliphatic rings. The predicted molar refractivity (Wildman–Crippen MR) is 116 cm³/mol. The van der Waals surface area contributed by atoms with Gasteiger partial charge < -0.3 is 9.47 Å². The number of carbonyl (C=O) groups excluding carboxylic acids is 2. The number of hydrazine groups is 1. The Hall–Kier alpha value is -2.26. The largest absolute Gasteiger partial charge is 0.482 e. The van der Waals surface area contributed by atoms with Crippen molar-refractivity contribution >= 4 is 63.9 Å². The third-order valence-electron chi connectivity index (χ3n) is 3.31. The van der Waals surface area contributed by atoms with Gasteiger partial charge in [0.1, 0.15) is 11.5 Å². The van der Waals surface area contributed by atoms with Crippen LogP contribution in [0.25, 0.3) is 0 Å². The molecule has 0 radical (unpaired) electrons. The van der Waals surface area contributed by atoms with Crippen molar-refractivity contribution in [2.75, 3.05) is 6.61 Å². The molecule has 0 aliphatic heterocycles. The summed E-state index contributed by atoms with van der Waals surface area (Å²) in [6, 6.07) is 11.4. The first kappa shape index (κ1) is 23.0. The number of rotatable bonds is 6. The number of nitrogens with one attached hydrogen (secondary N) is 3. The minimum atomic E-state index is -0.900. The standard InChI is InChI=1S/C18H16Cl3N3O4S/c1-10(28-15-7-6-11(19)8-13(15)21)17(26)23-24-18(29)22-16(25)9-27-14-5-3-2-4-12(14)20/h2-8,10H,9H2,1H3,(H,23,26)(H2,22,24,25,29). The van der Waals surface area contributed by atoms with Crippen LogP contribution in [0.2, 0.25) is 15.1 Å². The van der Waals surface area contributed by atoms with Gasteiger partial charge in [-0.05, 0) is 49.5 Å². The van der Waals surface area contributed by atoms with E-state index in [0.717, 1.165) is 0 Å². The van der Waals surface area contributed by atoms with Crippen LogP contribution >= 0.6 is 47.0 Å². The Morgan fingerprint density at radius 3 is 2.45 bits per heavy atom. The number of benzene rings is 2. The summed E-state index contributed by atoms with van der Waals surface area (Å²) in [7, 11) is 0. The van der Waals surface area contributed by atoms with Gasteiger partial charge in [-0.3, -0.25) is 25.8 Å². The lowest BCUT2D eigenvalue weighted by Gasteiger charge is -2.17. The Morgan fingerprint density at radius 2 is 1.76 bits per heavy atom. The molecule has 0 bridgehead atoms. The van der Waals surface area contributed by atoms with Crippen LogP contribution in [0.5, 0.6) is 11.5 Å². The van der Waals surface area contributed by atoms with E-state index < -0.39 is 17.9 Å². The number of hydrogen-bond donors (Lipinski definition) is 3. The van der Waals surface area contributed by atoms with Crippen LogP contribution in [-0.4, -0.2) is 29.6 Å². The lowest BCUT2D eigenvalue weighted by Crippen LogP contribution is -2.52. The molecule has 7 nitrogen and oxygen atoms in total. The highest BCUT2D eigenvalue weighted by atomic mass is 35.5. The molecule has 0 heterocycles. The molecule has 2 amide bonds. The van der Waals surface area contributed by atoms with E-state index in [4.69, 9.17) is 56.5 Å². The van der Waals surface area contributed by atoms with Gasteiger partial charge >= 0.3 is 0 Å². The number of amides is 2. The minimum absolute atomic E-state index is 0.122. The van der Waals surface area contributed by atoms with E-state index in [0.29, 0.717) is 21.5 Å². The van der Waals surface area contributed by atoms with Crippen molar-refractivity contribution in [3.63, 3.8) is 0 Å². The van der Waals surface area contributed by atoms with Crippen molar-refractivity contribution in [2.24, 2.45) is 0 Å². The van der Waals surface area contributed by atoms with Crippen LogP contribution in [0.3, 0.4) is 0 Å². The Bertz CT molecular complexity index is 914. The Labute approximate surface area is 187 Å². The van der Waals surface area contributed by atoms with Crippen molar-refractivity contribution in [2.45, 2.75) is 13.0 Å². The Balaban J connectivity index is 1.73. The number of halogens is 3. The summed E-state index contributed by atoms with van der Waals surface area (Å²) in [5.74, 6) is -0.413. The van der Waals surface area contributed by atoms with Crippen molar-refractivity contribution in [3.8, 4) is 11.5 Å². The molecule has 0 saturated heterocycles. The fraction of sp³-hybridized carbons (Fsp3) is 0.167. The molecule has 0 saturated carbocycles. The van der Waals surface area contributed by atoms with Gasteiger partial charge in [0, 0.05) is 5.02 Å². The first-order valence-corrected chi connectivity index (χ1v) is 9.69. The molecule has 0 aromatic heterocycles. The van der Waals surface area contributed by atoms with Gasteiger partial charge in [-0.1, -0.05) is 46.9 Å². The maximum atomic E-state index is 12.1. The zero-order valence-electron chi connectivity index (χ0n) is 15.0. The minimum Gasteiger partial charge on any atom is -0.482 e. The summed E-state index contributed by atoms with van der Waals surface area (Å²) in [5, 5.41) is 3.32. The quantitative estimate of drug-likeness (QED) is 0.437. The van der Waals surface area contributed by atoms with E-state index in [1.165, 1.54) is 13.0 Å². The average Bonchev–Trinajstić information content (AvgIpc) is 2.67. The number of thiocarbonyl (C=S) groups is 1. The normalized spacial score (nSPS) is 11.2. The molecule has 0 fully saturated rings. The van der Waals surface area contributed by atoms with Crippen molar-refractivity contribution < 1.29 is 19.1 Å². The van der Waals surface area contributed by atoms with E-state index in [1.54, 1.807) is 36.4 Å². The van der Waals surface area contributed by atoms with E-state index in [-0.39, 0.29) is 16.7 Å². The van der Waals surface area contributed by atoms with Gasteiger partial charge in [0.05, 0.1) is 10.0 Å². The molecule has 2 aromatic rings. The molecule has 29 heavy (non-hydrogen) atoms. The fourth-order valence-corrected chi connectivity index (χ4v) is 2.74. The summed E-state index contributed by atoms with van der Waals surface area (Å²) >= 11 is 22.7. The van der Waals surface area contributed by atoms with Gasteiger partial charge in [-0.15, -0.1) is 0 Å². The monoisotopic (exact) mass is 475 g/mol. The highest BCUT2D eigenvalue weighted by molar-refractivity contribution is 7.80. The molecule has 1 atom stereocenters. The molecule has 3 N–H and O–H groups in total. The molecule has 2 rings (SSSR count). The van der Waals surface area contributed by atoms with Crippen molar-refractivity contribution in [1.82, 2.24) is 16.2 Å². The van der Waals surface area contributed by atoms with Crippen LogP contribution in [0, 0.1) is 0 Å². The molecule has 2 aromatic carbocycles. The van der Waals surface area contributed by atoms with Crippen molar-refractivity contribution in [3.05, 3.63) is 57.5 Å². The SMILES string of the molecule is CC(Oc1ccc(Cl)cc1Cl)C(=O)NNC(=S)NC(=O)COc1ccccc1Cl. The third-order valence-corrected chi connectivity index (χ3v) is 4.36. The number of ether oxygens (including phenoxy) is 2.